The van der Waals surface area contributed by atoms with Gasteiger partial charge in [-0.25, -0.2) is 0 Å². The third-order valence-electron chi connectivity index (χ3n) is 2.91. The summed E-state index contributed by atoms with van der Waals surface area (Å²) in [5.74, 6) is 0.854. The molecule has 19 heavy (non-hydrogen) atoms. The maximum Gasteiger partial charge on any atom is 0.124 e. The molecule has 4 heteroatoms. The maximum absolute atomic E-state index is 6.16. The molecule has 1 atom stereocenters. The smallest absolute Gasteiger partial charge is 0.124 e. The minimum Gasteiger partial charge on any atom is -0.496 e. The largest absolute Gasteiger partial charge is 0.496 e. The molecule has 0 amide bonds. The highest BCUT2D eigenvalue weighted by atomic mass is 35.5. The predicted octanol–water partition coefficient (Wildman–Crippen LogP) is 5.18. The molecular formula is C15H15Cl2NO. The average Bonchev–Trinajstić information content (AvgIpc) is 2.41. The van der Waals surface area contributed by atoms with E-state index in [-0.39, 0.29) is 6.04 Å². The fourth-order valence-electron chi connectivity index (χ4n) is 1.94. The number of methoxy groups -OCH3 is 1. The highest BCUT2D eigenvalue weighted by molar-refractivity contribution is 6.36. The van der Waals surface area contributed by atoms with Gasteiger partial charge in [0.05, 0.1) is 23.9 Å². The first-order valence-corrected chi connectivity index (χ1v) is 6.72. The molecule has 0 spiro atoms. The van der Waals surface area contributed by atoms with Crippen molar-refractivity contribution in [1.82, 2.24) is 0 Å². The van der Waals surface area contributed by atoms with Crippen LogP contribution in [0.1, 0.15) is 18.5 Å². The standard InChI is InChI=1S/C15H15Cl2NO/c1-10(12-5-3-4-6-15(12)19-2)18-14-8-7-11(16)9-13(14)17/h3-10,18H,1-2H3. The monoisotopic (exact) mass is 295 g/mol. The summed E-state index contributed by atoms with van der Waals surface area (Å²) >= 11 is 12.0. The van der Waals surface area contributed by atoms with E-state index in [2.05, 4.69) is 12.2 Å². The third-order valence-corrected chi connectivity index (χ3v) is 3.46. The van der Waals surface area contributed by atoms with Crippen molar-refractivity contribution < 1.29 is 4.74 Å². The van der Waals surface area contributed by atoms with Crippen LogP contribution in [0.25, 0.3) is 0 Å². The van der Waals surface area contributed by atoms with Crippen LogP contribution < -0.4 is 10.1 Å². The van der Waals surface area contributed by atoms with Crippen molar-refractivity contribution in [3.8, 4) is 5.75 Å². The normalized spacial score (nSPS) is 12.0. The fraction of sp³-hybridized carbons (Fsp3) is 0.200. The van der Waals surface area contributed by atoms with Gasteiger partial charge in [0.25, 0.3) is 0 Å². The van der Waals surface area contributed by atoms with Crippen LogP contribution in [0.15, 0.2) is 42.5 Å². The van der Waals surface area contributed by atoms with Crippen LogP contribution >= 0.6 is 23.2 Å². The molecule has 2 aromatic carbocycles. The number of hydrogen-bond donors (Lipinski definition) is 1. The molecule has 0 saturated heterocycles. The number of halogens is 2. The van der Waals surface area contributed by atoms with Crippen molar-refractivity contribution in [2.45, 2.75) is 13.0 Å². The Kier molecular flexibility index (Phi) is 4.56. The van der Waals surface area contributed by atoms with Gasteiger partial charge in [0, 0.05) is 10.6 Å². The second-order valence-corrected chi connectivity index (χ2v) is 5.08. The number of hydrogen-bond acceptors (Lipinski definition) is 2. The summed E-state index contributed by atoms with van der Waals surface area (Å²) in [6.45, 7) is 2.06. The number of anilines is 1. The number of benzene rings is 2. The number of para-hydroxylation sites is 1. The van der Waals surface area contributed by atoms with Gasteiger partial charge in [-0.3, -0.25) is 0 Å². The van der Waals surface area contributed by atoms with Gasteiger partial charge < -0.3 is 10.1 Å². The topological polar surface area (TPSA) is 21.3 Å². The Bertz CT molecular complexity index is 572. The van der Waals surface area contributed by atoms with E-state index in [0.29, 0.717) is 10.0 Å². The lowest BCUT2D eigenvalue weighted by Gasteiger charge is -2.19. The molecule has 0 saturated carbocycles. The minimum absolute atomic E-state index is 0.0785. The van der Waals surface area contributed by atoms with Crippen molar-refractivity contribution >= 4 is 28.9 Å². The van der Waals surface area contributed by atoms with Crippen LogP contribution in [0.4, 0.5) is 5.69 Å². The van der Waals surface area contributed by atoms with Crippen LogP contribution in [-0.2, 0) is 0 Å². The van der Waals surface area contributed by atoms with E-state index in [4.69, 9.17) is 27.9 Å². The molecule has 2 aromatic rings. The summed E-state index contributed by atoms with van der Waals surface area (Å²) in [4.78, 5) is 0. The second kappa shape index (κ2) is 6.18. The first-order valence-electron chi connectivity index (χ1n) is 5.96. The lowest BCUT2D eigenvalue weighted by atomic mass is 10.1. The molecular weight excluding hydrogens is 281 g/mol. The van der Waals surface area contributed by atoms with E-state index in [1.54, 1.807) is 13.2 Å². The quantitative estimate of drug-likeness (QED) is 0.839. The molecule has 0 aliphatic heterocycles. The summed E-state index contributed by atoms with van der Waals surface area (Å²) in [5.41, 5.74) is 1.93. The van der Waals surface area contributed by atoms with Crippen molar-refractivity contribution in [3.05, 3.63) is 58.1 Å². The number of ether oxygens (including phenoxy) is 1. The Hall–Kier alpha value is -1.38. The highest BCUT2D eigenvalue weighted by Gasteiger charge is 2.12. The first kappa shape index (κ1) is 14.0. The van der Waals surface area contributed by atoms with Gasteiger partial charge in [0.2, 0.25) is 0 Å². The van der Waals surface area contributed by atoms with Gasteiger partial charge in [-0.2, -0.15) is 0 Å². The Morgan fingerprint density at radius 1 is 1.11 bits per heavy atom. The lowest BCUT2D eigenvalue weighted by molar-refractivity contribution is 0.408. The van der Waals surface area contributed by atoms with Crippen LogP contribution in [0.2, 0.25) is 10.0 Å². The first-order chi connectivity index (χ1) is 9.11. The summed E-state index contributed by atoms with van der Waals surface area (Å²) in [6.07, 6.45) is 0. The van der Waals surface area contributed by atoms with Crippen molar-refractivity contribution in [2.24, 2.45) is 0 Å². The van der Waals surface area contributed by atoms with E-state index in [1.807, 2.05) is 36.4 Å². The zero-order valence-corrected chi connectivity index (χ0v) is 12.3. The van der Waals surface area contributed by atoms with E-state index in [1.165, 1.54) is 0 Å². The molecule has 0 radical (unpaired) electrons. The summed E-state index contributed by atoms with van der Waals surface area (Å²) in [5, 5.41) is 4.59. The van der Waals surface area contributed by atoms with Crippen molar-refractivity contribution in [2.75, 3.05) is 12.4 Å². The van der Waals surface area contributed by atoms with Gasteiger partial charge in [-0.05, 0) is 31.2 Å². The summed E-state index contributed by atoms with van der Waals surface area (Å²) in [7, 11) is 1.67. The molecule has 1 unspecified atom stereocenters. The second-order valence-electron chi connectivity index (χ2n) is 4.23. The molecule has 2 rings (SSSR count). The third kappa shape index (κ3) is 3.34. The van der Waals surface area contributed by atoms with E-state index in [0.717, 1.165) is 17.0 Å². The van der Waals surface area contributed by atoms with Crippen molar-refractivity contribution in [1.29, 1.82) is 0 Å². The maximum atomic E-state index is 6.16. The molecule has 1 N–H and O–H groups in total. The van der Waals surface area contributed by atoms with Gasteiger partial charge in [0.1, 0.15) is 5.75 Å². The molecule has 0 fully saturated rings. The van der Waals surface area contributed by atoms with E-state index in [9.17, 15) is 0 Å². The Morgan fingerprint density at radius 2 is 1.84 bits per heavy atom. The summed E-state index contributed by atoms with van der Waals surface area (Å²) < 4.78 is 5.36. The van der Waals surface area contributed by atoms with Crippen LogP contribution in [-0.4, -0.2) is 7.11 Å². The minimum atomic E-state index is 0.0785. The average molecular weight is 296 g/mol. The fourth-order valence-corrected chi connectivity index (χ4v) is 2.40. The number of rotatable bonds is 4. The molecule has 2 nitrogen and oxygen atoms in total. The number of nitrogens with one attached hydrogen (secondary N) is 1. The molecule has 100 valence electrons. The van der Waals surface area contributed by atoms with Gasteiger partial charge in [0.15, 0.2) is 0 Å². The molecule has 0 aliphatic rings. The molecule has 0 heterocycles. The Labute approximate surface area is 123 Å². The van der Waals surface area contributed by atoms with E-state index >= 15 is 0 Å². The molecule has 0 aliphatic carbocycles. The molecule has 0 bridgehead atoms. The Balaban J connectivity index is 2.23. The van der Waals surface area contributed by atoms with Gasteiger partial charge >= 0.3 is 0 Å². The van der Waals surface area contributed by atoms with Crippen LogP contribution in [0, 0.1) is 0 Å². The Morgan fingerprint density at radius 3 is 2.53 bits per heavy atom. The van der Waals surface area contributed by atoms with Crippen LogP contribution in [0.5, 0.6) is 5.75 Å². The zero-order valence-electron chi connectivity index (χ0n) is 10.8. The SMILES string of the molecule is COc1ccccc1C(C)Nc1ccc(Cl)cc1Cl. The zero-order chi connectivity index (χ0) is 13.8. The van der Waals surface area contributed by atoms with Crippen LogP contribution in [0.3, 0.4) is 0 Å². The summed E-state index contributed by atoms with van der Waals surface area (Å²) in [6, 6.07) is 13.4. The van der Waals surface area contributed by atoms with Crippen molar-refractivity contribution in [3.63, 3.8) is 0 Å². The van der Waals surface area contributed by atoms with Gasteiger partial charge in [-0.15, -0.1) is 0 Å². The highest BCUT2D eigenvalue weighted by Crippen LogP contribution is 2.31. The molecule has 0 aromatic heterocycles. The van der Waals surface area contributed by atoms with E-state index < -0.39 is 0 Å². The van der Waals surface area contributed by atoms with Gasteiger partial charge in [-0.1, -0.05) is 41.4 Å². The predicted molar refractivity (Wildman–Crippen MR) is 81.5 cm³/mol. The lowest BCUT2D eigenvalue weighted by Crippen LogP contribution is -2.08.